The molecule has 0 bridgehead atoms. The van der Waals surface area contributed by atoms with Crippen molar-refractivity contribution in [2.75, 3.05) is 13.2 Å². The predicted molar refractivity (Wildman–Crippen MR) is 97.1 cm³/mol. The number of aliphatic hydroxyl groups is 1. The summed E-state index contributed by atoms with van der Waals surface area (Å²) >= 11 is 0. The second-order valence-corrected chi connectivity index (χ2v) is 6.48. The van der Waals surface area contributed by atoms with Gasteiger partial charge in [0, 0.05) is 18.9 Å². The van der Waals surface area contributed by atoms with E-state index in [4.69, 9.17) is 0 Å². The van der Waals surface area contributed by atoms with E-state index in [0.29, 0.717) is 6.54 Å². The van der Waals surface area contributed by atoms with Crippen LogP contribution in [-0.4, -0.2) is 34.2 Å². The molecule has 0 unspecified atom stereocenters. The third-order valence-corrected chi connectivity index (χ3v) is 4.86. The van der Waals surface area contributed by atoms with E-state index in [1.54, 1.807) is 17.3 Å². The summed E-state index contributed by atoms with van der Waals surface area (Å²) in [6.07, 6.45) is 6.47. The average Bonchev–Trinajstić information content (AvgIpc) is 2.66. The van der Waals surface area contributed by atoms with Crippen LogP contribution in [0, 0.1) is 0 Å². The Morgan fingerprint density at radius 1 is 1.32 bits per heavy atom. The molecule has 1 aliphatic rings. The molecule has 1 aliphatic carbocycles. The van der Waals surface area contributed by atoms with Crippen LogP contribution in [0.3, 0.4) is 0 Å². The lowest BCUT2D eigenvalue weighted by Crippen LogP contribution is -2.45. The van der Waals surface area contributed by atoms with Crippen molar-refractivity contribution in [3.8, 4) is 0 Å². The molecule has 0 saturated carbocycles. The Balaban J connectivity index is 1.78. The number of urea groups is 1. The highest BCUT2D eigenvalue weighted by Gasteiger charge is 2.29. The van der Waals surface area contributed by atoms with Gasteiger partial charge >= 0.3 is 6.03 Å². The summed E-state index contributed by atoms with van der Waals surface area (Å²) in [6, 6.07) is 11.9. The van der Waals surface area contributed by atoms with Gasteiger partial charge in [0.05, 0.1) is 18.7 Å². The van der Waals surface area contributed by atoms with Crippen molar-refractivity contribution in [2.24, 2.45) is 0 Å². The Kier molecular flexibility index (Phi) is 5.66. The van der Waals surface area contributed by atoms with Gasteiger partial charge in [0.2, 0.25) is 0 Å². The molecule has 0 radical (unpaired) electrons. The quantitative estimate of drug-likeness (QED) is 0.879. The van der Waals surface area contributed by atoms with Gasteiger partial charge < -0.3 is 15.3 Å². The van der Waals surface area contributed by atoms with Crippen LogP contribution in [-0.2, 0) is 6.42 Å². The predicted octanol–water partition coefficient (Wildman–Crippen LogP) is 3.22. The highest BCUT2D eigenvalue weighted by molar-refractivity contribution is 5.75. The van der Waals surface area contributed by atoms with Gasteiger partial charge in [0.25, 0.3) is 0 Å². The van der Waals surface area contributed by atoms with E-state index >= 15 is 0 Å². The van der Waals surface area contributed by atoms with E-state index < -0.39 is 0 Å². The lowest BCUT2D eigenvalue weighted by Gasteiger charge is -2.36. The second-order valence-electron chi connectivity index (χ2n) is 6.48. The number of pyridine rings is 1. The molecule has 0 spiro atoms. The van der Waals surface area contributed by atoms with E-state index in [9.17, 15) is 9.90 Å². The molecule has 3 rings (SSSR count). The van der Waals surface area contributed by atoms with Crippen molar-refractivity contribution >= 4 is 6.03 Å². The smallest absolute Gasteiger partial charge is 0.318 e. The van der Waals surface area contributed by atoms with E-state index in [1.807, 2.05) is 31.2 Å². The molecule has 0 aliphatic heterocycles. The number of fused-ring (bicyclic) bond motifs is 1. The topological polar surface area (TPSA) is 65.5 Å². The first kappa shape index (κ1) is 17.4. The van der Waals surface area contributed by atoms with E-state index in [-0.39, 0.29) is 24.7 Å². The van der Waals surface area contributed by atoms with Gasteiger partial charge in [0.15, 0.2) is 0 Å². The third kappa shape index (κ3) is 3.99. The molecule has 0 fully saturated rings. The number of hydrogen-bond donors (Lipinski definition) is 2. The molecule has 0 saturated heterocycles. The van der Waals surface area contributed by atoms with Crippen molar-refractivity contribution < 1.29 is 9.90 Å². The van der Waals surface area contributed by atoms with E-state index in [0.717, 1.165) is 24.8 Å². The number of aromatic nitrogens is 1. The summed E-state index contributed by atoms with van der Waals surface area (Å²) in [7, 11) is 0. The zero-order valence-corrected chi connectivity index (χ0v) is 14.6. The number of carbonyl (C=O) groups is 1. The number of aryl methyl sites for hydroxylation is 1. The van der Waals surface area contributed by atoms with Crippen molar-refractivity contribution in [2.45, 2.75) is 38.3 Å². The van der Waals surface area contributed by atoms with Crippen LogP contribution in [0.4, 0.5) is 4.79 Å². The van der Waals surface area contributed by atoms with Crippen molar-refractivity contribution in [1.82, 2.24) is 15.2 Å². The largest absolute Gasteiger partial charge is 0.395 e. The first-order valence-electron chi connectivity index (χ1n) is 8.86. The van der Waals surface area contributed by atoms with Gasteiger partial charge in [-0.25, -0.2) is 4.79 Å². The molecule has 5 nitrogen and oxygen atoms in total. The molecule has 2 N–H and O–H groups in total. The Labute approximate surface area is 148 Å². The maximum absolute atomic E-state index is 12.9. The summed E-state index contributed by atoms with van der Waals surface area (Å²) < 4.78 is 0. The Bertz CT molecular complexity index is 705. The minimum atomic E-state index is -0.139. The van der Waals surface area contributed by atoms with Crippen LogP contribution in [0.15, 0.2) is 48.8 Å². The first-order valence-corrected chi connectivity index (χ1v) is 8.86. The van der Waals surface area contributed by atoms with Crippen LogP contribution in [0.25, 0.3) is 0 Å². The van der Waals surface area contributed by atoms with Crippen LogP contribution < -0.4 is 5.32 Å². The van der Waals surface area contributed by atoms with Crippen molar-refractivity contribution in [1.29, 1.82) is 0 Å². The minimum absolute atomic E-state index is 0.0155. The average molecular weight is 339 g/mol. The Morgan fingerprint density at radius 2 is 2.08 bits per heavy atom. The number of nitrogens with one attached hydrogen (secondary N) is 1. The van der Waals surface area contributed by atoms with Crippen LogP contribution >= 0.6 is 0 Å². The van der Waals surface area contributed by atoms with Gasteiger partial charge in [-0.15, -0.1) is 0 Å². The van der Waals surface area contributed by atoms with Gasteiger partial charge in [-0.2, -0.15) is 0 Å². The van der Waals surface area contributed by atoms with Crippen LogP contribution in [0.1, 0.15) is 48.5 Å². The van der Waals surface area contributed by atoms with Crippen molar-refractivity contribution in [3.63, 3.8) is 0 Å². The maximum Gasteiger partial charge on any atom is 0.318 e. The number of hydrogen-bond acceptors (Lipinski definition) is 3. The number of nitrogens with zero attached hydrogens (tertiary/aromatic N) is 2. The fraction of sp³-hybridized carbons (Fsp3) is 0.400. The standard InChI is InChI=1S/C20H25N3O2/c1-15(16-9-11-21-12-10-16)22-20(25)23(13-14-24)19-8-4-6-17-5-2-3-7-18(17)19/h2-3,5,7,9-12,15,19,24H,4,6,8,13-14H2,1H3,(H,22,25)/t15-,19+/m0/s1. The minimum Gasteiger partial charge on any atom is -0.395 e. The molecule has 132 valence electrons. The highest BCUT2D eigenvalue weighted by atomic mass is 16.3. The van der Waals surface area contributed by atoms with Crippen LogP contribution in [0.2, 0.25) is 0 Å². The zero-order chi connectivity index (χ0) is 17.6. The van der Waals surface area contributed by atoms with Gasteiger partial charge in [-0.3, -0.25) is 4.98 Å². The van der Waals surface area contributed by atoms with Crippen LogP contribution in [0.5, 0.6) is 0 Å². The maximum atomic E-state index is 12.9. The molecular formula is C20H25N3O2. The molecular weight excluding hydrogens is 314 g/mol. The number of aliphatic hydroxyl groups excluding tert-OH is 1. The summed E-state index contributed by atoms with van der Waals surface area (Å²) in [6.45, 7) is 2.24. The molecule has 2 amide bonds. The Morgan fingerprint density at radius 3 is 2.84 bits per heavy atom. The number of benzene rings is 1. The highest BCUT2D eigenvalue weighted by Crippen LogP contribution is 2.34. The molecule has 5 heteroatoms. The lowest BCUT2D eigenvalue weighted by atomic mass is 9.87. The number of amides is 2. The van der Waals surface area contributed by atoms with E-state index in [2.05, 4.69) is 22.4 Å². The molecule has 1 aromatic heterocycles. The third-order valence-electron chi connectivity index (χ3n) is 4.86. The molecule has 1 heterocycles. The fourth-order valence-electron chi connectivity index (χ4n) is 3.56. The second kappa shape index (κ2) is 8.12. The summed E-state index contributed by atoms with van der Waals surface area (Å²) in [5, 5.41) is 12.5. The summed E-state index contributed by atoms with van der Waals surface area (Å²) in [5.41, 5.74) is 3.52. The molecule has 25 heavy (non-hydrogen) atoms. The number of rotatable bonds is 5. The monoisotopic (exact) mass is 339 g/mol. The zero-order valence-electron chi connectivity index (χ0n) is 14.6. The normalized spacial score (nSPS) is 17.4. The number of carbonyl (C=O) groups excluding carboxylic acids is 1. The van der Waals surface area contributed by atoms with E-state index in [1.165, 1.54) is 11.1 Å². The van der Waals surface area contributed by atoms with Crippen molar-refractivity contribution in [3.05, 3.63) is 65.5 Å². The SMILES string of the molecule is C[C@H](NC(=O)N(CCO)[C@@H]1CCCc2ccccc21)c1ccncc1. The first-order chi connectivity index (χ1) is 12.2. The van der Waals surface area contributed by atoms with Gasteiger partial charge in [-0.05, 0) is 55.0 Å². The summed E-state index contributed by atoms with van der Waals surface area (Å²) in [4.78, 5) is 18.7. The lowest BCUT2D eigenvalue weighted by molar-refractivity contribution is 0.142. The molecule has 2 atom stereocenters. The fourth-order valence-corrected chi connectivity index (χ4v) is 3.56. The van der Waals surface area contributed by atoms with Gasteiger partial charge in [-0.1, -0.05) is 24.3 Å². The molecule has 1 aromatic carbocycles. The van der Waals surface area contributed by atoms with Gasteiger partial charge in [0.1, 0.15) is 0 Å². The molecule has 2 aromatic rings. The Hall–Kier alpha value is -2.40. The summed E-state index contributed by atoms with van der Waals surface area (Å²) in [5.74, 6) is 0.